The zero-order chi connectivity index (χ0) is 28.8. The van der Waals surface area contributed by atoms with Gasteiger partial charge in [-0.3, -0.25) is 0 Å². The molecule has 5 N–H and O–H groups in total. The minimum Gasteiger partial charge on any atom is -0.504 e. The van der Waals surface area contributed by atoms with Crippen LogP contribution in [0.2, 0.25) is 0 Å². The Balaban J connectivity index is 1.59. The van der Waals surface area contributed by atoms with Crippen LogP contribution in [0.5, 0.6) is 34.5 Å². The van der Waals surface area contributed by atoms with Crippen molar-refractivity contribution in [2.24, 2.45) is 0 Å². The molecular weight excluding hydrogens is 520 g/mol. The Labute approximate surface area is 232 Å². The molecule has 0 saturated heterocycles. The molecule has 1 aliphatic rings. The number of aryl methyl sites for hydroxylation is 1. The van der Waals surface area contributed by atoms with Crippen LogP contribution in [-0.2, 0) is 6.42 Å². The lowest BCUT2D eigenvalue weighted by atomic mass is 9.90. The molecule has 1 heterocycles. The molecule has 10 nitrogen and oxygen atoms in total. The topological polar surface area (TPSA) is 147 Å². The summed E-state index contributed by atoms with van der Waals surface area (Å²) in [7, 11) is 4.44. The Morgan fingerprint density at radius 1 is 0.850 bits per heavy atom. The molecule has 0 bridgehead atoms. The number of ether oxygens (including phenoxy) is 5. The molecule has 4 atom stereocenters. The predicted molar refractivity (Wildman–Crippen MR) is 146 cm³/mol. The fourth-order valence-corrected chi connectivity index (χ4v) is 4.95. The maximum absolute atomic E-state index is 10.9. The van der Waals surface area contributed by atoms with Gasteiger partial charge in [-0.15, -0.1) is 0 Å². The smallest absolute Gasteiger partial charge is 0.165 e. The van der Waals surface area contributed by atoms with Gasteiger partial charge in [0.25, 0.3) is 0 Å². The van der Waals surface area contributed by atoms with E-state index in [1.807, 2.05) is 12.1 Å². The van der Waals surface area contributed by atoms with E-state index in [1.54, 1.807) is 25.3 Å². The Kier molecular flexibility index (Phi) is 9.59. The molecular formula is C30H36O10. The van der Waals surface area contributed by atoms with E-state index in [0.717, 1.165) is 16.7 Å². The predicted octanol–water partition coefficient (Wildman–Crippen LogP) is 3.03. The largest absolute Gasteiger partial charge is 0.504 e. The van der Waals surface area contributed by atoms with Crippen molar-refractivity contribution < 1.29 is 49.2 Å². The van der Waals surface area contributed by atoms with Gasteiger partial charge >= 0.3 is 0 Å². The number of phenols is 1. The second-order valence-corrected chi connectivity index (χ2v) is 9.50. The van der Waals surface area contributed by atoms with Crippen LogP contribution in [0, 0.1) is 0 Å². The summed E-state index contributed by atoms with van der Waals surface area (Å²) in [5, 5.41) is 50.3. The molecule has 216 valence electrons. The van der Waals surface area contributed by atoms with Gasteiger partial charge in [0.1, 0.15) is 12.2 Å². The summed E-state index contributed by atoms with van der Waals surface area (Å²) in [5.74, 6) is 1.49. The molecule has 1 aliphatic heterocycles. The molecule has 10 heteroatoms. The molecule has 0 radical (unpaired) electrons. The van der Waals surface area contributed by atoms with Gasteiger partial charge in [0.05, 0.1) is 40.5 Å². The van der Waals surface area contributed by atoms with E-state index in [0.29, 0.717) is 35.7 Å². The fourth-order valence-electron chi connectivity index (χ4n) is 4.95. The molecule has 40 heavy (non-hydrogen) atoms. The van der Waals surface area contributed by atoms with Gasteiger partial charge in [0.15, 0.2) is 40.6 Å². The van der Waals surface area contributed by atoms with Crippen LogP contribution in [-0.4, -0.2) is 72.8 Å². The van der Waals surface area contributed by atoms with Gasteiger partial charge in [-0.05, 0) is 59.9 Å². The van der Waals surface area contributed by atoms with Crippen LogP contribution < -0.4 is 23.7 Å². The lowest BCUT2D eigenvalue weighted by molar-refractivity contribution is -0.000557. The van der Waals surface area contributed by atoms with Crippen molar-refractivity contribution in [1.29, 1.82) is 0 Å². The summed E-state index contributed by atoms with van der Waals surface area (Å²) in [6.45, 7) is -0.589. The highest BCUT2D eigenvalue weighted by atomic mass is 16.5. The minimum absolute atomic E-state index is 0.0753. The van der Waals surface area contributed by atoms with E-state index in [1.165, 1.54) is 32.4 Å². The van der Waals surface area contributed by atoms with Gasteiger partial charge < -0.3 is 49.2 Å². The summed E-state index contributed by atoms with van der Waals surface area (Å²) in [5.41, 5.74) is 2.92. The van der Waals surface area contributed by atoms with Crippen molar-refractivity contribution in [3.05, 3.63) is 70.8 Å². The van der Waals surface area contributed by atoms with Crippen LogP contribution in [0.25, 0.3) is 0 Å². The maximum atomic E-state index is 10.9. The number of aliphatic hydroxyl groups is 4. The van der Waals surface area contributed by atoms with Gasteiger partial charge in [-0.25, -0.2) is 0 Å². The highest BCUT2D eigenvalue weighted by Crippen LogP contribution is 2.51. The Morgan fingerprint density at radius 2 is 1.60 bits per heavy atom. The maximum Gasteiger partial charge on any atom is 0.165 e. The third kappa shape index (κ3) is 5.90. The first-order chi connectivity index (χ1) is 19.4. The average Bonchev–Trinajstić information content (AvgIpc) is 3.36. The van der Waals surface area contributed by atoms with E-state index in [9.17, 15) is 25.5 Å². The molecule has 0 fully saturated rings. The Morgan fingerprint density at radius 3 is 2.25 bits per heavy atom. The Hall–Kier alpha value is -3.70. The first kappa shape index (κ1) is 29.3. The SMILES string of the molecule is COc1cc(C(O)C(CO)Oc2ccc(C3Oc4c(OC)cc(CCCO)cc4C3CO)cc2OC)ccc1O. The average molecular weight is 557 g/mol. The molecule has 4 unspecified atom stereocenters. The number of aromatic hydroxyl groups is 1. The normalized spacial score (nSPS) is 17.5. The molecule has 0 aliphatic carbocycles. The molecule has 3 aromatic rings. The summed E-state index contributed by atoms with van der Waals surface area (Å²) in [6, 6.07) is 13.4. The monoisotopic (exact) mass is 556 g/mol. The van der Waals surface area contributed by atoms with Crippen molar-refractivity contribution in [2.45, 2.75) is 37.1 Å². The summed E-state index contributed by atoms with van der Waals surface area (Å²) in [4.78, 5) is 0. The summed E-state index contributed by atoms with van der Waals surface area (Å²) < 4.78 is 28.5. The van der Waals surface area contributed by atoms with Crippen molar-refractivity contribution in [3.8, 4) is 34.5 Å². The first-order valence-electron chi connectivity index (χ1n) is 13.0. The number of phenolic OH excluding ortho intramolecular Hbond substituents is 1. The molecule has 4 rings (SSSR count). The quantitative estimate of drug-likeness (QED) is 0.213. The number of fused-ring (bicyclic) bond motifs is 1. The van der Waals surface area contributed by atoms with E-state index in [-0.39, 0.29) is 36.4 Å². The van der Waals surface area contributed by atoms with Crippen LogP contribution in [0.1, 0.15) is 46.8 Å². The van der Waals surface area contributed by atoms with E-state index < -0.39 is 24.9 Å². The number of aliphatic hydroxyl groups excluding tert-OH is 4. The molecule has 0 spiro atoms. The second-order valence-electron chi connectivity index (χ2n) is 9.50. The third-order valence-electron chi connectivity index (χ3n) is 7.07. The van der Waals surface area contributed by atoms with Crippen LogP contribution in [0.3, 0.4) is 0 Å². The summed E-state index contributed by atoms with van der Waals surface area (Å²) in [6.07, 6.45) is -1.54. The van der Waals surface area contributed by atoms with E-state index in [4.69, 9.17) is 23.7 Å². The lowest BCUT2D eigenvalue weighted by Gasteiger charge is -2.25. The first-order valence-corrected chi connectivity index (χ1v) is 13.0. The third-order valence-corrected chi connectivity index (χ3v) is 7.07. The van der Waals surface area contributed by atoms with Crippen LogP contribution >= 0.6 is 0 Å². The highest BCUT2D eigenvalue weighted by Gasteiger charge is 2.38. The summed E-state index contributed by atoms with van der Waals surface area (Å²) >= 11 is 0. The lowest BCUT2D eigenvalue weighted by Crippen LogP contribution is -2.29. The van der Waals surface area contributed by atoms with Gasteiger partial charge in [0, 0.05) is 12.2 Å². The van der Waals surface area contributed by atoms with Crippen molar-refractivity contribution in [1.82, 2.24) is 0 Å². The zero-order valence-corrected chi connectivity index (χ0v) is 22.7. The molecule has 0 saturated carbocycles. The number of hydrogen-bond donors (Lipinski definition) is 5. The Bertz CT molecular complexity index is 1290. The molecule has 0 aromatic heterocycles. The number of methoxy groups -OCH3 is 3. The fraction of sp³-hybridized carbons (Fsp3) is 0.400. The van der Waals surface area contributed by atoms with Crippen molar-refractivity contribution >= 4 is 0 Å². The van der Waals surface area contributed by atoms with Crippen LogP contribution in [0.4, 0.5) is 0 Å². The number of benzene rings is 3. The van der Waals surface area contributed by atoms with Crippen LogP contribution in [0.15, 0.2) is 48.5 Å². The van der Waals surface area contributed by atoms with Gasteiger partial charge in [-0.2, -0.15) is 0 Å². The van der Waals surface area contributed by atoms with E-state index in [2.05, 4.69) is 0 Å². The standard InChI is InChI=1S/C30H36O10/c1-36-24-13-18(6-8-22(24)34)28(35)27(16-33)39-23-9-7-19(14-25(23)37-2)29-21(15-32)20-11-17(5-4-10-31)12-26(38-3)30(20)40-29/h6-9,11-14,21,27-29,31-35H,4-5,10,15-16H2,1-3H3. The molecule has 0 amide bonds. The van der Waals surface area contributed by atoms with Gasteiger partial charge in [-0.1, -0.05) is 18.2 Å². The van der Waals surface area contributed by atoms with Gasteiger partial charge in [0.2, 0.25) is 0 Å². The van der Waals surface area contributed by atoms with E-state index >= 15 is 0 Å². The second kappa shape index (κ2) is 13.1. The number of hydrogen-bond acceptors (Lipinski definition) is 10. The minimum atomic E-state index is -1.23. The molecule has 3 aromatic carbocycles. The number of rotatable bonds is 13. The zero-order valence-electron chi connectivity index (χ0n) is 22.7. The highest BCUT2D eigenvalue weighted by molar-refractivity contribution is 5.56. The van der Waals surface area contributed by atoms with Crippen molar-refractivity contribution in [3.63, 3.8) is 0 Å². The van der Waals surface area contributed by atoms with Crippen molar-refractivity contribution in [2.75, 3.05) is 41.2 Å².